The van der Waals surface area contributed by atoms with Crippen molar-refractivity contribution < 1.29 is 4.58 Å². The van der Waals surface area contributed by atoms with Crippen molar-refractivity contribution in [1.82, 2.24) is 4.90 Å². The molecule has 0 saturated carbocycles. The highest BCUT2D eigenvalue weighted by atomic mass is 15.1. The lowest BCUT2D eigenvalue weighted by Gasteiger charge is -2.01. The van der Waals surface area contributed by atoms with E-state index in [-0.39, 0.29) is 0 Å². The molecule has 0 aliphatic carbocycles. The molecule has 1 aliphatic heterocycles. The van der Waals surface area contributed by atoms with Crippen molar-refractivity contribution in [3.8, 4) is 0 Å². The molecule has 0 aromatic heterocycles. The van der Waals surface area contributed by atoms with Crippen molar-refractivity contribution in [1.29, 1.82) is 0 Å². The van der Waals surface area contributed by atoms with Crippen LogP contribution in [0.2, 0.25) is 0 Å². The van der Waals surface area contributed by atoms with E-state index in [0.29, 0.717) is 0 Å². The minimum atomic E-state index is 0.941. The van der Waals surface area contributed by atoms with Crippen molar-refractivity contribution in [2.75, 3.05) is 33.7 Å². The van der Waals surface area contributed by atoms with Gasteiger partial charge < -0.3 is 4.90 Å². The highest BCUT2D eigenvalue weighted by molar-refractivity contribution is 5.14. The number of likely N-dealkylation sites (tertiary alicyclic amines) is 1. The number of hydrogen-bond acceptors (Lipinski definition) is 1. The Hall–Kier alpha value is -0.630. The van der Waals surface area contributed by atoms with E-state index in [1.54, 1.807) is 0 Å². The van der Waals surface area contributed by atoms with Crippen LogP contribution in [0.3, 0.4) is 0 Å². The maximum absolute atomic E-state index is 3.66. The van der Waals surface area contributed by atoms with Gasteiger partial charge in [-0.2, -0.15) is 0 Å². The SMILES string of the molecule is C=[N+](C)CC=CC.CN1CCCC1. The van der Waals surface area contributed by atoms with E-state index in [1.807, 2.05) is 24.6 Å². The summed E-state index contributed by atoms with van der Waals surface area (Å²) in [5.41, 5.74) is 0. The van der Waals surface area contributed by atoms with Gasteiger partial charge in [-0.3, -0.25) is 0 Å². The fourth-order valence-electron chi connectivity index (χ4n) is 1.16. The normalized spacial score (nSPS) is 17.2. The summed E-state index contributed by atoms with van der Waals surface area (Å²) in [6, 6.07) is 0. The zero-order chi connectivity index (χ0) is 10.1. The zero-order valence-corrected chi connectivity index (χ0v) is 9.29. The van der Waals surface area contributed by atoms with Crippen molar-refractivity contribution in [2.24, 2.45) is 0 Å². The van der Waals surface area contributed by atoms with Crippen LogP contribution in [0.5, 0.6) is 0 Å². The molecule has 0 spiro atoms. The molecule has 2 nitrogen and oxygen atoms in total. The molecule has 1 fully saturated rings. The van der Waals surface area contributed by atoms with Crippen LogP contribution in [0.4, 0.5) is 0 Å². The summed E-state index contributed by atoms with van der Waals surface area (Å²) >= 11 is 0. The number of likely N-dealkylation sites (N-methyl/N-ethyl adjacent to an activating group) is 1. The average molecular weight is 183 g/mol. The van der Waals surface area contributed by atoms with Gasteiger partial charge in [-0.05, 0) is 46.0 Å². The Morgan fingerprint density at radius 2 is 1.92 bits per heavy atom. The highest BCUT2D eigenvalue weighted by Crippen LogP contribution is 2.02. The molecule has 1 heterocycles. The lowest BCUT2D eigenvalue weighted by atomic mass is 10.4. The van der Waals surface area contributed by atoms with E-state index < -0.39 is 0 Å². The Balaban J connectivity index is 0.000000223. The van der Waals surface area contributed by atoms with Gasteiger partial charge in [-0.1, -0.05) is 6.08 Å². The maximum atomic E-state index is 3.66. The average Bonchev–Trinajstić information content (AvgIpc) is 2.53. The Bertz CT molecular complexity index is 155. The molecule has 0 radical (unpaired) electrons. The predicted octanol–water partition coefficient (Wildman–Crippen LogP) is 1.62. The third-order valence-electron chi connectivity index (χ3n) is 1.98. The number of allylic oxidation sites excluding steroid dienone is 1. The Morgan fingerprint density at radius 3 is 2.08 bits per heavy atom. The summed E-state index contributed by atoms with van der Waals surface area (Å²) in [6.45, 7) is 9.24. The summed E-state index contributed by atoms with van der Waals surface area (Å²) in [5.74, 6) is 0. The smallest absolute Gasteiger partial charge is 0.160 e. The molecule has 1 rings (SSSR count). The van der Waals surface area contributed by atoms with Crippen molar-refractivity contribution in [3.05, 3.63) is 12.2 Å². The Morgan fingerprint density at radius 1 is 1.38 bits per heavy atom. The second kappa shape index (κ2) is 7.99. The van der Waals surface area contributed by atoms with Crippen LogP contribution in [0.25, 0.3) is 0 Å². The third kappa shape index (κ3) is 9.28. The fourth-order valence-corrected chi connectivity index (χ4v) is 1.16. The molecule has 0 N–H and O–H groups in total. The van der Waals surface area contributed by atoms with Gasteiger partial charge in [0, 0.05) is 0 Å². The van der Waals surface area contributed by atoms with Crippen LogP contribution < -0.4 is 0 Å². The summed E-state index contributed by atoms with van der Waals surface area (Å²) in [6.07, 6.45) is 6.90. The fraction of sp³-hybridized carbons (Fsp3) is 0.727. The van der Waals surface area contributed by atoms with Gasteiger partial charge in [0.15, 0.2) is 6.54 Å². The largest absolute Gasteiger partial charge is 0.306 e. The first-order valence-electron chi connectivity index (χ1n) is 4.98. The van der Waals surface area contributed by atoms with E-state index in [0.717, 1.165) is 6.54 Å². The molecule has 0 amide bonds. The molecule has 76 valence electrons. The van der Waals surface area contributed by atoms with E-state index in [9.17, 15) is 0 Å². The van der Waals surface area contributed by atoms with Crippen LogP contribution in [-0.4, -0.2) is 49.9 Å². The minimum absolute atomic E-state index is 0.941. The first-order valence-corrected chi connectivity index (χ1v) is 4.98. The zero-order valence-electron chi connectivity index (χ0n) is 9.29. The summed E-state index contributed by atoms with van der Waals surface area (Å²) < 4.78 is 1.88. The van der Waals surface area contributed by atoms with E-state index in [4.69, 9.17) is 0 Å². The molecular weight excluding hydrogens is 160 g/mol. The molecule has 0 unspecified atom stereocenters. The van der Waals surface area contributed by atoms with Crippen molar-refractivity contribution >= 4 is 6.72 Å². The quantitative estimate of drug-likeness (QED) is 0.358. The number of nitrogens with zero attached hydrogens (tertiary/aromatic N) is 2. The van der Waals surface area contributed by atoms with Gasteiger partial charge in [0.25, 0.3) is 0 Å². The molecule has 0 aromatic carbocycles. The molecule has 1 saturated heterocycles. The Kier molecular flexibility index (Phi) is 7.60. The summed E-state index contributed by atoms with van der Waals surface area (Å²) in [4.78, 5) is 2.36. The topological polar surface area (TPSA) is 6.25 Å². The van der Waals surface area contributed by atoms with E-state index in [2.05, 4.69) is 24.7 Å². The second-order valence-corrected chi connectivity index (χ2v) is 3.62. The molecule has 13 heavy (non-hydrogen) atoms. The molecule has 0 aromatic rings. The minimum Gasteiger partial charge on any atom is -0.306 e. The molecule has 0 atom stereocenters. The van der Waals surface area contributed by atoms with Crippen molar-refractivity contribution in [3.63, 3.8) is 0 Å². The van der Waals surface area contributed by atoms with Gasteiger partial charge in [0.2, 0.25) is 0 Å². The van der Waals surface area contributed by atoms with Gasteiger partial charge in [0.1, 0.15) is 13.8 Å². The predicted molar refractivity (Wildman–Crippen MR) is 59.7 cm³/mol. The molecular formula is C11H23N2+. The van der Waals surface area contributed by atoms with Crippen molar-refractivity contribution in [2.45, 2.75) is 19.8 Å². The summed E-state index contributed by atoms with van der Waals surface area (Å²) in [5, 5.41) is 0. The highest BCUT2D eigenvalue weighted by Gasteiger charge is 2.03. The van der Waals surface area contributed by atoms with Gasteiger partial charge in [-0.25, -0.2) is 4.58 Å². The molecule has 2 heteroatoms. The van der Waals surface area contributed by atoms with Gasteiger partial charge >= 0.3 is 0 Å². The molecule has 1 aliphatic rings. The lowest BCUT2D eigenvalue weighted by Crippen LogP contribution is -2.10. The standard InChI is InChI=1S/C6H12N.C5H11N/c1-4-5-6-7(2)3;1-6-4-2-3-5-6/h4-5H,2,6H2,1,3H3;2-5H2,1H3/q+1;. The summed E-state index contributed by atoms with van der Waals surface area (Å²) in [7, 11) is 4.12. The third-order valence-corrected chi connectivity index (χ3v) is 1.98. The monoisotopic (exact) mass is 183 g/mol. The number of hydrogen-bond donors (Lipinski definition) is 0. The van der Waals surface area contributed by atoms with Crippen LogP contribution in [0, 0.1) is 0 Å². The van der Waals surface area contributed by atoms with Crippen LogP contribution in [0.1, 0.15) is 19.8 Å². The maximum Gasteiger partial charge on any atom is 0.160 e. The Labute approximate surface area is 82.6 Å². The first-order chi connectivity index (χ1) is 6.16. The first kappa shape index (κ1) is 12.4. The van der Waals surface area contributed by atoms with E-state index >= 15 is 0 Å². The number of rotatable bonds is 2. The molecule has 0 bridgehead atoms. The van der Waals surface area contributed by atoms with Gasteiger partial charge in [0.05, 0.1) is 0 Å². The van der Waals surface area contributed by atoms with E-state index in [1.165, 1.54) is 25.9 Å². The van der Waals surface area contributed by atoms with Crippen LogP contribution >= 0.6 is 0 Å². The van der Waals surface area contributed by atoms with Crippen LogP contribution in [0.15, 0.2) is 12.2 Å². The lowest BCUT2D eigenvalue weighted by molar-refractivity contribution is -0.477. The second-order valence-electron chi connectivity index (χ2n) is 3.62. The van der Waals surface area contributed by atoms with Crippen LogP contribution in [-0.2, 0) is 0 Å². The van der Waals surface area contributed by atoms with Gasteiger partial charge in [-0.15, -0.1) is 0 Å².